The van der Waals surface area contributed by atoms with Crippen molar-refractivity contribution in [3.05, 3.63) is 53.9 Å². The van der Waals surface area contributed by atoms with E-state index in [1.165, 1.54) is 0 Å². The highest BCUT2D eigenvalue weighted by Gasteiger charge is 2.13. The Kier molecular flexibility index (Phi) is 4.36. The molecule has 2 rings (SSSR count). The van der Waals surface area contributed by atoms with Gasteiger partial charge in [-0.1, -0.05) is 13.0 Å². The molecule has 18 heavy (non-hydrogen) atoms. The Hall–Kier alpha value is -1.81. The molecule has 1 unspecified atom stereocenters. The number of rotatable bonds is 5. The molecule has 0 bridgehead atoms. The lowest BCUT2D eigenvalue weighted by atomic mass is 10.0. The van der Waals surface area contributed by atoms with Crippen LogP contribution in [0.15, 0.2) is 37.1 Å². The summed E-state index contributed by atoms with van der Waals surface area (Å²) in [6, 6.07) is 4.24. The predicted molar refractivity (Wildman–Crippen MR) is 71.1 cm³/mol. The van der Waals surface area contributed by atoms with Crippen LogP contribution in [0.1, 0.15) is 36.2 Å². The maximum absolute atomic E-state index is 4.35. The zero-order valence-corrected chi connectivity index (χ0v) is 10.8. The van der Waals surface area contributed by atoms with E-state index in [9.17, 15) is 0 Å². The predicted octanol–water partition coefficient (Wildman–Crippen LogP) is 2.27. The molecule has 0 aliphatic heterocycles. The standard InChI is InChI=1S/C14H18N4/c1-3-6-17-14(13-7-15-10-16-8-13)12-5-4-11(2)18-9-12/h4-5,7-10,14,17H,3,6H2,1-2H3. The molecular formula is C14H18N4. The zero-order chi connectivity index (χ0) is 12.8. The fourth-order valence-corrected chi connectivity index (χ4v) is 1.83. The van der Waals surface area contributed by atoms with E-state index in [-0.39, 0.29) is 6.04 Å². The Bertz CT molecular complexity index is 467. The van der Waals surface area contributed by atoms with Crippen LogP contribution in [0, 0.1) is 6.92 Å². The number of pyridine rings is 1. The molecule has 94 valence electrons. The highest BCUT2D eigenvalue weighted by Crippen LogP contribution is 2.20. The smallest absolute Gasteiger partial charge is 0.115 e. The largest absolute Gasteiger partial charge is 0.306 e. The van der Waals surface area contributed by atoms with E-state index in [2.05, 4.69) is 33.3 Å². The van der Waals surface area contributed by atoms with Gasteiger partial charge in [0.25, 0.3) is 0 Å². The summed E-state index contributed by atoms with van der Waals surface area (Å²) in [4.78, 5) is 12.5. The lowest BCUT2D eigenvalue weighted by molar-refractivity contribution is 0.593. The van der Waals surface area contributed by atoms with Gasteiger partial charge < -0.3 is 5.32 Å². The van der Waals surface area contributed by atoms with Crippen molar-refractivity contribution in [1.29, 1.82) is 0 Å². The zero-order valence-electron chi connectivity index (χ0n) is 10.8. The molecule has 0 aliphatic rings. The van der Waals surface area contributed by atoms with Gasteiger partial charge in [-0.05, 0) is 31.5 Å². The molecule has 0 aromatic carbocycles. The van der Waals surface area contributed by atoms with Crippen molar-refractivity contribution in [2.24, 2.45) is 0 Å². The van der Waals surface area contributed by atoms with E-state index < -0.39 is 0 Å². The summed E-state index contributed by atoms with van der Waals surface area (Å²) in [7, 11) is 0. The minimum atomic E-state index is 0.110. The van der Waals surface area contributed by atoms with Crippen molar-refractivity contribution in [3.63, 3.8) is 0 Å². The number of hydrogen-bond donors (Lipinski definition) is 1. The van der Waals surface area contributed by atoms with Crippen LogP contribution < -0.4 is 5.32 Å². The van der Waals surface area contributed by atoms with Crippen LogP contribution in [-0.4, -0.2) is 21.5 Å². The van der Waals surface area contributed by atoms with Crippen LogP contribution in [-0.2, 0) is 0 Å². The number of nitrogens with zero attached hydrogens (tertiary/aromatic N) is 3. The molecule has 0 fully saturated rings. The quantitative estimate of drug-likeness (QED) is 0.873. The highest BCUT2D eigenvalue weighted by atomic mass is 14.9. The third-order valence-corrected chi connectivity index (χ3v) is 2.78. The Morgan fingerprint density at radius 1 is 1.11 bits per heavy atom. The summed E-state index contributed by atoms with van der Waals surface area (Å²) in [5, 5.41) is 3.50. The van der Waals surface area contributed by atoms with Crippen LogP contribution in [0.25, 0.3) is 0 Å². The van der Waals surface area contributed by atoms with Crippen molar-refractivity contribution < 1.29 is 0 Å². The molecule has 2 aromatic heterocycles. The second kappa shape index (κ2) is 6.21. The van der Waals surface area contributed by atoms with Crippen molar-refractivity contribution in [3.8, 4) is 0 Å². The monoisotopic (exact) mass is 242 g/mol. The van der Waals surface area contributed by atoms with E-state index in [0.29, 0.717) is 0 Å². The van der Waals surface area contributed by atoms with Crippen molar-refractivity contribution in [2.75, 3.05) is 6.54 Å². The summed E-state index contributed by atoms with van der Waals surface area (Å²) in [5.74, 6) is 0. The Morgan fingerprint density at radius 2 is 1.89 bits per heavy atom. The van der Waals surface area contributed by atoms with Crippen molar-refractivity contribution in [2.45, 2.75) is 26.3 Å². The van der Waals surface area contributed by atoms with E-state index in [0.717, 1.165) is 29.8 Å². The third-order valence-electron chi connectivity index (χ3n) is 2.78. The second-order valence-electron chi connectivity index (χ2n) is 4.29. The Morgan fingerprint density at radius 3 is 2.50 bits per heavy atom. The molecule has 4 nitrogen and oxygen atoms in total. The summed E-state index contributed by atoms with van der Waals surface area (Å²) < 4.78 is 0. The van der Waals surface area contributed by atoms with Crippen LogP contribution in [0.2, 0.25) is 0 Å². The van der Waals surface area contributed by atoms with E-state index >= 15 is 0 Å². The van der Waals surface area contributed by atoms with Gasteiger partial charge in [-0.3, -0.25) is 4.98 Å². The minimum absolute atomic E-state index is 0.110. The molecule has 1 N–H and O–H groups in total. The second-order valence-corrected chi connectivity index (χ2v) is 4.29. The van der Waals surface area contributed by atoms with E-state index in [4.69, 9.17) is 0 Å². The molecular weight excluding hydrogens is 224 g/mol. The van der Waals surface area contributed by atoms with Crippen LogP contribution in [0.5, 0.6) is 0 Å². The molecule has 0 radical (unpaired) electrons. The topological polar surface area (TPSA) is 50.7 Å². The summed E-state index contributed by atoms with van der Waals surface area (Å²) in [5.41, 5.74) is 3.23. The number of hydrogen-bond acceptors (Lipinski definition) is 4. The normalized spacial score (nSPS) is 12.3. The number of aryl methyl sites for hydroxylation is 1. The molecule has 0 saturated carbocycles. The fraction of sp³-hybridized carbons (Fsp3) is 0.357. The lowest BCUT2D eigenvalue weighted by Gasteiger charge is -2.18. The number of aromatic nitrogens is 3. The van der Waals surface area contributed by atoms with Crippen LogP contribution in [0.3, 0.4) is 0 Å². The van der Waals surface area contributed by atoms with Crippen molar-refractivity contribution >= 4 is 0 Å². The Labute approximate surface area is 108 Å². The first-order chi connectivity index (χ1) is 8.81. The molecule has 2 heterocycles. The summed E-state index contributed by atoms with van der Waals surface area (Å²) in [6.07, 6.45) is 8.24. The molecule has 1 atom stereocenters. The first-order valence-corrected chi connectivity index (χ1v) is 6.22. The fourth-order valence-electron chi connectivity index (χ4n) is 1.83. The van der Waals surface area contributed by atoms with Gasteiger partial charge in [-0.2, -0.15) is 0 Å². The van der Waals surface area contributed by atoms with E-state index in [1.54, 1.807) is 6.33 Å². The highest BCUT2D eigenvalue weighted by molar-refractivity contribution is 5.27. The first-order valence-electron chi connectivity index (χ1n) is 6.22. The lowest BCUT2D eigenvalue weighted by Crippen LogP contribution is -2.23. The van der Waals surface area contributed by atoms with E-state index in [1.807, 2.05) is 31.6 Å². The van der Waals surface area contributed by atoms with Gasteiger partial charge >= 0.3 is 0 Å². The van der Waals surface area contributed by atoms with Gasteiger partial charge in [0.2, 0.25) is 0 Å². The molecule has 2 aromatic rings. The molecule has 0 saturated heterocycles. The number of nitrogens with one attached hydrogen (secondary N) is 1. The average molecular weight is 242 g/mol. The molecule has 0 aliphatic carbocycles. The molecule has 4 heteroatoms. The van der Waals surface area contributed by atoms with Crippen molar-refractivity contribution in [1.82, 2.24) is 20.3 Å². The minimum Gasteiger partial charge on any atom is -0.306 e. The van der Waals surface area contributed by atoms with Crippen LogP contribution >= 0.6 is 0 Å². The first kappa shape index (κ1) is 12.6. The van der Waals surface area contributed by atoms with Gasteiger partial charge in [-0.15, -0.1) is 0 Å². The molecule has 0 amide bonds. The maximum atomic E-state index is 4.35. The van der Waals surface area contributed by atoms with Gasteiger partial charge in [0.05, 0.1) is 6.04 Å². The summed E-state index contributed by atoms with van der Waals surface area (Å²) in [6.45, 7) is 5.09. The molecule has 0 spiro atoms. The maximum Gasteiger partial charge on any atom is 0.115 e. The average Bonchev–Trinajstić information content (AvgIpc) is 2.42. The summed E-state index contributed by atoms with van der Waals surface area (Å²) >= 11 is 0. The Balaban J connectivity index is 2.27. The van der Waals surface area contributed by atoms with Gasteiger partial charge in [-0.25, -0.2) is 9.97 Å². The van der Waals surface area contributed by atoms with Gasteiger partial charge in [0, 0.05) is 29.8 Å². The van der Waals surface area contributed by atoms with Crippen LogP contribution in [0.4, 0.5) is 0 Å². The van der Waals surface area contributed by atoms with Gasteiger partial charge in [0.15, 0.2) is 0 Å². The third kappa shape index (κ3) is 3.11. The van der Waals surface area contributed by atoms with Gasteiger partial charge in [0.1, 0.15) is 6.33 Å². The SMILES string of the molecule is CCCNC(c1cncnc1)c1ccc(C)nc1.